The molecule has 1 fully saturated rings. The van der Waals surface area contributed by atoms with Gasteiger partial charge in [-0.25, -0.2) is 9.38 Å². The van der Waals surface area contributed by atoms with Crippen molar-refractivity contribution < 1.29 is 13.9 Å². The number of carbonyl (C=O) groups excluding carboxylic acids is 1. The molecule has 1 heterocycles. The number of nitrogens with one attached hydrogen (secondary N) is 1. The molecule has 2 aromatic carbocycles. The number of ether oxygens (including phenoxy) is 1. The largest absolute Gasteiger partial charge is 0.376 e. The third-order valence-electron chi connectivity index (χ3n) is 4.46. The van der Waals surface area contributed by atoms with Gasteiger partial charge >= 0.3 is 0 Å². The topological polar surface area (TPSA) is 50.7 Å². The van der Waals surface area contributed by atoms with Crippen molar-refractivity contribution in [3.8, 4) is 0 Å². The van der Waals surface area contributed by atoms with E-state index in [1.54, 1.807) is 30.3 Å². The summed E-state index contributed by atoms with van der Waals surface area (Å²) >= 11 is 1.43. The zero-order valence-electron chi connectivity index (χ0n) is 15.4. The van der Waals surface area contributed by atoms with Crippen LogP contribution in [0, 0.1) is 5.82 Å². The lowest BCUT2D eigenvalue weighted by Gasteiger charge is -2.25. The van der Waals surface area contributed by atoms with Gasteiger partial charge in [0.05, 0.1) is 12.7 Å². The Morgan fingerprint density at radius 3 is 2.59 bits per heavy atom. The van der Waals surface area contributed by atoms with Crippen molar-refractivity contribution in [2.24, 2.45) is 4.99 Å². The first-order valence-corrected chi connectivity index (χ1v) is 9.98. The van der Waals surface area contributed by atoms with E-state index in [9.17, 15) is 9.18 Å². The number of aliphatic imine (C=N–C) groups is 1. The number of amidine groups is 1. The van der Waals surface area contributed by atoms with Crippen molar-refractivity contribution in [2.75, 3.05) is 12.4 Å². The normalized spacial score (nSPS) is 22.6. The van der Waals surface area contributed by atoms with Gasteiger partial charge in [0, 0.05) is 17.5 Å². The van der Waals surface area contributed by atoms with E-state index in [-0.39, 0.29) is 24.4 Å². The molecule has 3 rings (SSSR count). The molecule has 0 saturated carbocycles. The molecule has 2 atom stereocenters. The van der Waals surface area contributed by atoms with E-state index in [1.807, 2.05) is 32.0 Å². The Morgan fingerprint density at radius 1 is 1.26 bits per heavy atom. The molecule has 0 aliphatic carbocycles. The van der Waals surface area contributed by atoms with Crippen LogP contribution in [-0.2, 0) is 10.3 Å². The molecule has 1 amide bonds. The van der Waals surface area contributed by atoms with E-state index in [4.69, 9.17) is 9.73 Å². The van der Waals surface area contributed by atoms with Gasteiger partial charge in [-0.2, -0.15) is 0 Å². The lowest BCUT2D eigenvalue weighted by Crippen LogP contribution is -2.34. The summed E-state index contributed by atoms with van der Waals surface area (Å²) in [4.78, 5) is 17.4. The van der Waals surface area contributed by atoms with Crippen molar-refractivity contribution in [1.29, 1.82) is 0 Å². The number of halogens is 1. The quantitative estimate of drug-likeness (QED) is 0.627. The number of hydrogen-bond acceptors (Lipinski definition) is 4. The Labute approximate surface area is 163 Å². The summed E-state index contributed by atoms with van der Waals surface area (Å²) in [5.74, 6) is 0.192. The molecule has 0 unspecified atom stereocenters. The van der Waals surface area contributed by atoms with Gasteiger partial charge in [0.2, 0.25) is 0 Å². The SMILES string of the molecule is CCS/C(=N\[C@@]1(c2ccccc2F)CO[C@H](C)C1)NC(=O)c1ccccc1. The molecule has 6 heteroatoms. The Bertz CT molecular complexity index is 828. The number of benzene rings is 2. The van der Waals surface area contributed by atoms with E-state index in [1.165, 1.54) is 17.8 Å². The molecule has 142 valence electrons. The van der Waals surface area contributed by atoms with Gasteiger partial charge in [-0.05, 0) is 30.9 Å². The van der Waals surface area contributed by atoms with E-state index in [0.717, 1.165) is 5.75 Å². The van der Waals surface area contributed by atoms with E-state index in [0.29, 0.717) is 22.7 Å². The second kappa shape index (κ2) is 8.67. The van der Waals surface area contributed by atoms with Crippen molar-refractivity contribution >= 4 is 22.8 Å². The minimum Gasteiger partial charge on any atom is -0.376 e. The Kier molecular flexibility index (Phi) is 6.29. The number of amides is 1. The van der Waals surface area contributed by atoms with Crippen molar-refractivity contribution in [3.63, 3.8) is 0 Å². The minimum atomic E-state index is -0.841. The molecule has 1 aliphatic heterocycles. The molecule has 27 heavy (non-hydrogen) atoms. The van der Waals surface area contributed by atoms with E-state index >= 15 is 0 Å². The number of carbonyl (C=O) groups is 1. The van der Waals surface area contributed by atoms with Gasteiger partial charge in [-0.1, -0.05) is 55.1 Å². The molecule has 0 bridgehead atoms. The smallest absolute Gasteiger partial charge is 0.257 e. The summed E-state index contributed by atoms with van der Waals surface area (Å²) in [5, 5.41) is 3.36. The van der Waals surface area contributed by atoms with E-state index in [2.05, 4.69) is 5.32 Å². The fraction of sp³-hybridized carbons (Fsp3) is 0.333. The molecule has 4 nitrogen and oxygen atoms in total. The summed E-state index contributed by atoms with van der Waals surface area (Å²) in [6, 6.07) is 15.6. The van der Waals surface area contributed by atoms with Gasteiger partial charge in [0.15, 0.2) is 5.17 Å². The number of thioether (sulfide) groups is 1. The summed E-state index contributed by atoms with van der Waals surface area (Å²) in [6.07, 6.45) is 0.522. The molecule has 0 radical (unpaired) electrons. The number of rotatable bonds is 4. The van der Waals surface area contributed by atoms with Crippen LogP contribution < -0.4 is 5.32 Å². The average Bonchev–Trinajstić information content (AvgIpc) is 3.04. The maximum atomic E-state index is 14.6. The van der Waals surface area contributed by atoms with Crippen LogP contribution >= 0.6 is 11.8 Å². The van der Waals surface area contributed by atoms with Crippen LogP contribution in [0.4, 0.5) is 4.39 Å². The van der Waals surface area contributed by atoms with Crippen LogP contribution in [0.2, 0.25) is 0 Å². The predicted octanol–water partition coefficient (Wildman–Crippen LogP) is 4.37. The van der Waals surface area contributed by atoms with Crippen molar-refractivity contribution in [1.82, 2.24) is 5.32 Å². The monoisotopic (exact) mass is 386 g/mol. The second-order valence-electron chi connectivity index (χ2n) is 6.51. The Morgan fingerprint density at radius 2 is 1.96 bits per heavy atom. The maximum absolute atomic E-state index is 14.6. The fourth-order valence-corrected chi connectivity index (χ4v) is 3.90. The van der Waals surface area contributed by atoms with Crippen LogP contribution in [0.5, 0.6) is 0 Å². The summed E-state index contributed by atoms with van der Waals surface area (Å²) in [5.41, 5.74) is 0.210. The number of nitrogens with zero attached hydrogens (tertiary/aromatic N) is 1. The third-order valence-corrected chi connectivity index (χ3v) is 5.22. The zero-order chi connectivity index (χ0) is 19.3. The van der Waals surface area contributed by atoms with Gasteiger partial charge in [-0.15, -0.1) is 0 Å². The van der Waals surface area contributed by atoms with Gasteiger partial charge < -0.3 is 10.1 Å². The van der Waals surface area contributed by atoms with Crippen LogP contribution in [0.15, 0.2) is 59.6 Å². The highest BCUT2D eigenvalue weighted by Gasteiger charge is 2.42. The fourth-order valence-electron chi connectivity index (χ4n) is 3.22. The van der Waals surface area contributed by atoms with Crippen LogP contribution in [0.1, 0.15) is 36.2 Å². The van der Waals surface area contributed by atoms with Crippen molar-refractivity contribution in [3.05, 3.63) is 71.5 Å². The first kappa shape index (κ1) is 19.6. The van der Waals surface area contributed by atoms with Gasteiger partial charge in [-0.3, -0.25) is 4.79 Å². The highest BCUT2D eigenvalue weighted by molar-refractivity contribution is 8.13. The molecule has 0 aromatic heterocycles. The maximum Gasteiger partial charge on any atom is 0.257 e. The molecule has 2 aromatic rings. The number of hydrogen-bond donors (Lipinski definition) is 1. The Hall–Kier alpha value is -2.18. The molecule has 1 aliphatic rings. The summed E-state index contributed by atoms with van der Waals surface area (Å²) in [7, 11) is 0. The van der Waals surface area contributed by atoms with Crippen LogP contribution in [0.25, 0.3) is 0 Å². The van der Waals surface area contributed by atoms with Gasteiger partial charge in [0.1, 0.15) is 11.4 Å². The molecule has 1 saturated heterocycles. The van der Waals surface area contributed by atoms with Crippen LogP contribution in [-0.4, -0.2) is 29.5 Å². The molecular weight excluding hydrogens is 363 g/mol. The molecular formula is C21H23FN2O2S. The highest BCUT2D eigenvalue weighted by Crippen LogP contribution is 2.39. The first-order valence-electron chi connectivity index (χ1n) is 9.00. The summed E-state index contributed by atoms with van der Waals surface area (Å²) < 4.78 is 20.3. The van der Waals surface area contributed by atoms with Crippen molar-refractivity contribution in [2.45, 2.75) is 31.9 Å². The Balaban J connectivity index is 1.96. The lowest BCUT2D eigenvalue weighted by molar-refractivity contribution is 0.0977. The minimum absolute atomic E-state index is 0.0361. The standard InChI is InChI=1S/C21H23FN2O2S/c1-3-27-20(23-19(25)16-9-5-4-6-10-16)24-21(13-15(2)26-14-21)17-11-7-8-12-18(17)22/h4-12,15H,3,13-14H2,1-2H3,(H,23,24,25)/t15-,21-/m1/s1. The third kappa shape index (κ3) is 4.57. The molecule has 1 N–H and O–H groups in total. The predicted molar refractivity (Wildman–Crippen MR) is 108 cm³/mol. The summed E-state index contributed by atoms with van der Waals surface area (Å²) in [6.45, 7) is 4.22. The van der Waals surface area contributed by atoms with Crippen LogP contribution in [0.3, 0.4) is 0 Å². The highest BCUT2D eigenvalue weighted by atomic mass is 32.2. The average molecular weight is 386 g/mol. The first-order chi connectivity index (χ1) is 13.0. The molecule has 0 spiro atoms. The van der Waals surface area contributed by atoms with E-state index < -0.39 is 5.54 Å². The zero-order valence-corrected chi connectivity index (χ0v) is 16.3. The lowest BCUT2D eigenvalue weighted by atomic mass is 9.88. The second-order valence-corrected chi connectivity index (χ2v) is 7.76. The van der Waals surface area contributed by atoms with Gasteiger partial charge in [0.25, 0.3) is 5.91 Å².